The molecule has 0 aliphatic heterocycles. The topological polar surface area (TPSA) is 36.9 Å². The monoisotopic (exact) mass is 606 g/mol. The van der Waals surface area contributed by atoms with E-state index in [-0.39, 0.29) is 19.2 Å². The Morgan fingerprint density at radius 3 is 2.00 bits per heavy atom. The van der Waals surface area contributed by atoms with Gasteiger partial charge in [0.15, 0.2) is 13.6 Å². The zero-order chi connectivity index (χ0) is 31.9. The predicted octanol–water partition coefficient (Wildman–Crippen LogP) is 8.75. The van der Waals surface area contributed by atoms with Crippen molar-refractivity contribution in [3.05, 3.63) is 131 Å². The van der Waals surface area contributed by atoms with Crippen LogP contribution in [0.15, 0.2) is 80.3 Å². The van der Waals surface area contributed by atoms with Crippen LogP contribution in [0, 0.1) is 55.2 Å². The van der Waals surface area contributed by atoms with Crippen molar-refractivity contribution in [2.75, 3.05) is 20.2 Å². The van der Waals surface area contributed by atoms with E-state index in [0.29, 0.717) is 23.8 Å². The highest BCUT2D eigenvalue weighted by molar-refractivity contribution is 5.55. The van der Waals surface area contributed by atoms with E-state index in [1.54, 1.807) is 12.1 Å². The highest BCUT2D eigenvalue weighted by Crippen LogP contribution is 2.32. The van der Waals surface area contributed by atoms with Crippen LogP contribution in [0.5, 0.6) is 0 Å². The van der Waals surface area contributed by atoms with Crippen LogP contribution in [0.1, 0.15) is 76.6 Å². The number of hydrogen-bond donors (Lipinski definition) is 0. The van der Waals surface area contributed by atoms with Gasteiger partial charge in [-0.05, 0) is 104 Å². The van der Waals surface area contributed by atoms with Gasteiger partial charge in [0.1, 0.15) is 5.82 Å². The van der Waals surface area contributed by atoms with Crippen molar-refractivity contribution in [1.29, 1.82) is 0 Å². The van der Waals surface area contributed by atoms with Gasteiger partial charge in [-0.15, -0.1) is 0 Å². The first kappa shape index (κ1) is 33.6. The van der Waals surface area contributed by atoms with E-state index in [1.165, 1.54) is 56.3 Å². The number of hydrogen-bond acceptors (Lipinski definition) is 4. The van der Waals surface area contributed by atoms with Gasteiger partial charge in [0.05, 0.1) is 25.7 Å². The molecular weight excluding hydrogens is 563 g/mol. The zero-order valence-electron chi connectivity index (χ0n) is 26.5. The van der Waals surface area contributed by atoms with Gasteiger partial charge in [-0.3, -0.25) is 0 Å². The molecule has 0 atom stereocenters. The second-order valence-electron chi connectivity index (χ2n) is 11.5. The quantitative estimate of drug-likeness (QED) is 0.0844. The SMILES string of the molecule is C=COCOCc1ccc(C#Cc2c(C)cc(C#Cc3ccc(CCC4CCC(COCOC=C)CC4)cc3)cc2C)cc1F. The molecule has 0 spiro atoms. The summed E-state index contributed by atoms with van der Waals surface area (Å²) >= 11 is 0. The fraction of sp³-hybridized carbons (Fsp3) is 0.350. The van der Waals surface area contributed by atoms with Crippen LogP contribution in [0.4, 0.5) is 4.39 Å². The lowest BCUT2D eigenvalue weighted by molar-refractivity contribution is -0.0322. The lowest BCUT2D eigenvalue weighted by atomic mass is 9.80. The third-order valence-corrected chi connectivity index (χ3v) is 8.18. The van der Waals surface area contributed by atoms with E-state index in [9.17, 15) is 4.39 Å². The van der Waals surface area contributed by atoms with E-state index in [2.05, 4.69) is 73.2 Å². The van der Waals surface area contributed by atoms with E-state index in [4.69, 9.17) is 18.9 Å². The molecular formula is C40H43FO4. The molecule has 0 unspecified atom stereocenters. The highest BCUT2D eigenvalue weighted by atomic mass is 19.1. The molecule has 1 fully saturated rings. The van der Waals surface area contributed by atoms with Crippen LogP contribution in [0.3, 0.4) is 0 Å². The molecule has 3 aromatic carbocycles. The Kier molecular flexibility index (Phi) is 13.3. The third-order valence-electron chi connectivity index (χ3n) is 8.18. The number of benzene rings is 3. The maximum atomic E-state index is 14.5. The molecule has 1 aliphatic carbocycles. The van der Waals surface area contributed by atoms with Gasteiger partial charge in [-0.1, -0.05) is 67.9 Å². The molecule has 0 aromatic heterocycles. The van der Waals surface area contributed by atoms with E-state index >= 15 is 0 Å². The Morgan fingerprint density at radius 2 is 1.33 bits per heavy atom. The molecule has 0 bridgehead atoms. The first-order chi connectivity index (χ1) is 21.9. The Hall–Kier alpha value is -4.29. The van der Waals surface area contributed by atoms with Crippen molar-refractivity contribution in [2.24, 2.45) is 11.8 Å². The van der Waals surface area contributed by atoms with Gasteiger partial charge in [0.2, 0.25) is 0 Å². The summed E-state index contributed by atoms with van der Waals surface area (Å²) in [5.74, 6) is 14.0. The summed E-state index contributed by atoms with van der Waals surface area (Å²) in [6.07, 6.45) is 10.1. The first-order valence-electron chi connectivity index (χ1n) is 15.6. The minimum absolute atomic E-state index is 0.0308. The van der Waals surface area contributed by atoms with Crippen LogP contribution in [-0.4, -0.2) is 20.2 Å². The lowest BCUT2D eigenvalue weighted by Crippen LogP contribution is -2.19. The molecule has 1 aliphatic rings. The molecule has 0 N–H and O–H groups in total. The van der Waals surface area contributed by atoms with Gasteiger partial charge >= 0.3 is 0 Å². The zero-order valence-corrected chi connectivity index (χ0v) is 26.5. The van der Waals surface area contributed by atoms with Gasteiger partial charge in [0.25, 0.3) is 0 Å². The minimum Gasteiger partial charge on any atom is -0.476 e. The minimum atomic E-state index is -0.358. The summed E-state index contributed by atoms with van der Waals surface area (Å²) in [7, 11) is 0. The molecule has 234 valence electrons. The maximum absolute atomic E-state index is 14.5. The Labute approximate surface area is 268 Å². The summed E-state index contributed by atoms with van der Waals surface area (Å²) in [6, 6.07) is 17.7. The van der Waals surface area contributed by atoms with Crippen molar-refractivity contribution in [3.8, 4) is 23.7 Å². The lowest BCUT2D eigenvalue weighted by Gasteiger charge is -2.28. The third kappa shape index (κ3) is 11.0. The van der Waals surface area contributed by atoms with Crippen LogP contribution < -0.4 is 0 Å². The van der Waals surface area contributed by atoms with E-state index in [0.717, 1.165) is 46.8 Å². The van der Waals surface area contributed by atoms with E-state index < -0.39 is 0 Å². The van der Waals surface area contributed by atoms with Gasteiger partial charge in [-0.25, -0.2) is 4.39 Å². The number of ether oxygens (including phenoxy) is 4. The second kappa shape index (κ2) is 17.9. The summed E-state index contributed by atoms with van der Waals surface area (Å²) in [5.41, 5.74) is 7.38. The molecule has 4 rings (SSSR count). The summed E-state index contributed by atoms with van der Waals surface area (Å²) < 4.78 is 35.3. The number of halogens is 1. The molecule has 3 aromatic rings. The van der Waals surface area contributed by atoms with Gasteiger partial charge in [0, 0.05) is 27.8 Å². The average Bonchev–Trinajstić information content (AvgIpc) is 3.04. The molecule has 45 heavy (non-hydrogen) atoms. The maximum Gasteiger partial charge on any atom is 0.188 e. The van der Waals surface area contributed by atoms with Crippen LogP contribution >= 0.6 is 0 Å². The molecule has 0 saturated heterocycles. The summed E-state index contributed by atoms with van der Waals surface area (Å²) in [5, 5.41) is 0. The first-order valence-corrected chi connectivity index (χ1v) is 15.6. The Bertz CT molecular complexity index is 1520. The molecule has 4 nitrogen and oxygen atoms in total. The normalized spacial score (nSPS) is 15.6. The molecule has 0 radical (unpaired) electrons. The summed E-state index contributed by atoms with van der Waals surface area (Å²) in [6.45, 7) is 12.3. The van der Waals surface area contributed by atoms with Crippen LogP contribution in [0.2, 0.25) is 0 Å². The summed E-state index contributed by atoms with van der Waals surface area (Å²) in [4.78, 5) is 0. The van der Waals surface area contributed by atoms with Crippen molar-refractivity contribution >= 4 is 0 Å². The molecule has 0 amide bonds. The fourth-order valence-corrected chi connectivity index (χ4v) is 5.63. The molecule has 5 heteroatoms. The van der Waals surface area contributed by atoms with E-state index in [1.807, 2.05) is 13.8 Å². The van der Waals surface area contributed by atoms with Crippen molar-refractivity contribution in [2.45, 2.75) is 59.0 Å². The number of rotatable bonds is 13. The highest BCUT2D eigenvalue weighted by Gasteiger charge is 2.21. The van der Waals surface area contributed by atoms with Gasteiger partial charge in [-0.2, -0.15) is 0 Å². The van der Waals surface area contributed by atoms with Crippen LogP contribution in [0.25, 0.3) is 0 Å². The van der Waals surface area contributed by atoms with Crippen molar-refractivity contribution < 1.29 is 23.3 Å². The van der Waals surface area contributed by atoms with Crippen molar-refractivity contribution in [1.82, 2.24) is 0 Å². The molecule has 0 heterocycles. The van der Waals surface area contributed by atoms with Gasteiger partial charge < -0.3 is 18.9 Å². The van der Waals surface area contributed by atoms with Crippen molar-refractivity contribution in [3.63, 3.8) is 0 Å². The number of aryl methyl sites for hydroxylation is 3. The Balaban J connectivity index is 1.28. The average molecular weight is 607 g/mol. The largest absolute Gasteiger partial charge is 0.476 e. The molecule has 1 saturated carbocycles. The predicted molar refractivity (Wildman–Crippen MR) is 178 cm³/mol. The van der Waals surface area contributed by atoms with Crippen LogP contribution in [-0.2, 0) is 32.0 Å². The second-order valence-corrected chi connectivity index (χ2v) is 11.5. The fourth-order valence-electron chi connectivity index (χ4n) is 5.63. The standard InChI is InChI=1S/C40H43FO4/c1-5-42-28-44-26-36-16-13-34(14-17-36)12-9-32-7-10-33(11-8-32)15-18-37-23-30(3)39(31(4)24-37)22-20-35-19-21-38(40(41)25-35)27-45-29-43-6-2/h5-8,10-11,19,21,23-25,34,36H,1-2,9,12-14,16-17,26-29H2,3-4H3. The smallest absolute Gasteiger partial charge is 0.188 e. The Morgan fingerprint density at radius 1 is 0.733 bits per heavy atom.